The third kappa shape index (κ3) is 7.04. The Bertz CT molecular complexity index is 2470. The van der Waals surface area contributed by atoms with Gasteiger partial charge in [-0.25, -0.2) is 0 Å². The summed E-state index contributed by atoms with van der Waals surface area (Å²) in [5.74, 6) is 5.87. The smallest absolute Gasteiger partial charge is 0.262 e. The average Bonchev–Trinajstić information content (AvgIpc) is 3.69. The van der Waals surface area contributed by atoms with Gasteiger partial charge in [0, 0.05) is 77.8 Å². The van der Waals surface area contributed by atoms with Gasteiger partial charge in [-0.05, 0) is 93.2 Å². The van der Waals surface area contributed by atoms with Crippen molar-refractivity contribution in [2.75, 3.05) is 31.1 Å². The summed E-state index contributed by atoms with van der Waals surface area (Å²) in [4.78, 5) is 72.5. The van der Waals surface area contributed by atoms with Crippen molar-refractivity contribution in [2.24, 2.45) is 16.7 Å². The number of carbonyl (C=O) groups excluding carboxylic acids is 5. The molecule has 61 heavy (non-hydrogen) atoms. The van der Waals surface area contributed by atoms with Gasteiger partial charge in [-0.1, -0.05) is 57.2 Å². The number of benzene rings is 3. The van der Waals surface area contributed by atoms with E-state index in [9.17, 15) is 29.2 Å². The molecule has 13 heteroatoms. The zero-order valence-electron chi connectivity index (χ0n) is 34.9. The Morgan fingerprint density at radius 2 is 1.51 bits per heavy atom. The summed E-state index contributed by atoms with van der Waals surface area (Å²) in [6, 6.07) is 18.0. The summed E-state index contributed by atoms with van der Waals surface area (Å²) < 4.78 is 6.48. The van der Waals surface area contributed by atoms with E-state index in [-0.39, 0.29) is 47.6 Å². The molecule has 5 aliphatic heterocycles. The van der Waals surface area contributed by atoms with Crippen molar-refractivity contribution in [3.8, 4) is 23.7 Å². The predicted molar refractivity (Wildman–Crippen MR) is 228 cm³/mol. The topological polar surface area (TPSA) is 143 Å². The van der Waals surface area contributed by atoms with Gasteiger partial charge in [0.1, 0.15) is 24.0 Å². The van der Waals surface area contributed by atoms with Crippen molar-refractivity contribution in [1.82, 2.24) is 20.0 Å². The van der Waals surface area contributed by atoms with Gasteiger partial charge in [0.05, 0.1) is 21.7 Å². The maximum absolute atomic E-state index is 14.0. The number of rotatable bonds is 6. The molecule has 314 valence electrons. The molecule has 4 fully saturated rings. The highest BCUT2D eigenvalue weighted by Crippen LogP contribution is 2.59. The Labute approximate surface area is 361 Å². The first-order valence-corrected chi connectivity index (χ1v) is 21.7. The first-order valence-electron chi connectivity index (χ1n) is 21.3. The van der Waals surface area contributed by atoms with Gasteiger partial charge in [-0.15, -0.1) is 0 Å². The lowest BCUT2D eigenvalue weighted by molar-refractivity contribution is -0.199. The number of fused-ring (bicyclic) bond motifs is 2. The molecule has 3 aromatic carbocycles. The second-order valence-electron chi connectivity index (χ2n) is 18.6. The minimum absolute atomic E-state index is 0.0280. The van der Waals surface area contributed by atoms with E-state index in [4.69, 9.17) is 16.3 Å². The quantitative estimate of drug-likeness (QED) is 0.227. The minimum Gasteiger partial charge on any atom is -0.489 e. The van der Waals surface area contributed by atoms with Crippen molar-refractivity contribution >= 4 is 46.8 Å². The number of nitrogens with one attached hydrogen (secondary N) is 1. The molecule has 1 aliphatic carbocycles. The van der Waals surface area contributed by atoms with Gasteiger partial charge in [0.15, 0.2) is 0 Å². The normalized spacial score (nSPS) is 25.0. The van der Waals surface area contributed by atoms with Gasteiger partial charge < -0.3 is 19.4 Å². The number of nitrogens with zero attached hydrogens (tertiary/aromatic N) is 5. The Kier molecular flexibility index (Phi) is 10.2. The Hall–Kier alpha value is -5.69. The van der Waals surface area contributed by atoms with Gasteiger partial charge in [0.2, 0.25) is 11.8 Å². The van der Waals surface area contributed by atoms with Crippen LogP contribution in [0.5, 0.6) is 5.75 Å². The molecule has 5 heterocycles. The van der Waals surface area contributed by atoms with E-state index in [0.717, 1.165) is 79.1 Å². The van der Waals surface area contributed by atoms with Crippen LogP contribution < -0.4 is 15.0 Å². The number of piperidine rings is 3. The first kappa shape index (κ1) is 40.7. The number of likely N-dealkylation sites (tertiary alicyclic amines) is 1. The average molecular weight is 841 g/mol. The molecule has 1 unspecified atom stereocenters. The van der Waals surface area contributed by atoms with E-state index in [1.165, 1.54) is 0 Å². The van der Waals surface area contributed by atoms with E-state index in [0.29, 0.717) is 40.0 Å². The SMILES string of the molecule is CC1(C)C(Oc2ccc(C#N)c(Cl)c2)C(C)(C)C1N1Cc2ccc(C#CC3CCN(C4CCN(c5ccc6c(c5)C(=O)N(C5CCC(=O)NC5=O)C6=O)CC4)CC3)cc2C1=O. The Morgan fingerprint density at radius 3 is 2.20 bits per heavy atom. The van der Waals surface area contributed by atoms with Gasteiger partial charge in [-0.2, -0.15) is 5.26 Å². The highest BCUT2D eigenvalue weighted by Gasteiger charge is 2.67. The largest absolute Gasteiger partial charge is 0.489 e. The molecule has 9 rings (SSSR count). The van der Waals surface area contributed by atoms with Crippen LogP contribution in [0.2, 0.25) is 5.02 Å². The molecule has 1 N–H and O–H groups in total. The van der Waals surface area contributed by atoms with Gasteiger partial charge in [0.25, 0.3) is 17.7 Å². The molecule has 1 atom stereocenters. The second-order valence-corrected chi connectivity index (χ2v) is 19.0. The number of halogens is 1. The summed E-state index contributed by atoms with van der Waals surface area (Å²) in [5, 5.41) is 11.9. The van der Waals surface area contributed by atoms with Crippen molar-refractivity contribution in [1.29, 1.82) is 5.26 Å². The fourth-order valence-electron chi connectivity index (χ4n) is 11.4. The fraction of sp³-hybridized carbons (Fsp3) is 0.458. The van der Waals surface area contributed by atoms with Crippen LogP contribution in [-0.2, 0) is 16.1 Å². The Morgan fingerprint density at radius 1 is 0.787 bits per heavy atom. The number of nitriles is 1. The minimum atomic E-state index is -0.977. The van der Waals surface area contributed by atoms with Crippen LogP contribution in [0.15, 0.2) is 54.6 Å². The Balaban J connectivity index is 0.771. The van der Waals surface area contributed by atoms with Gasteiger partial charge in [-0.3, -0.25) is 34.2 Å². The van der Waals surface area contributed by atoms with E-state index in [2.05, 4.69) is 60.7 Å². The third-order valence-corrected chi connectivity index (χ3v) is 14.4. The number of hydrogen-bond donors (Lipinski definition) is 1. The zero-order chi connectivity index (χ0) is 43.0. The lowest BCUT2D eigenvalue weighted by atomic mass is 9.49. The molecule has 1 saturated carbocycles. The number of imide groups is 2. The van der Waals surface area contributed by atoms with Crippen LogP contribution in [0.3, 0.4) is 0 Å². The van der Waals surface area contributed by atoms with Crippen LogP contribution in [0.25, 0.3) is 0 Å². The molecule has 0 bridgehead atoms. The van der Waals surface area contributed by atoms with Crippen LogP contribution in [0.4, 0.5) is 5.69 Å². The van der Waals surface area contributed by atoms with E-state index < -0.39 is 29.7 Å². The number of amides is 5. The molecule has 0 radical (unpaired) electrons. The highest BCUT2D eigenvalue weighted by molar-refractivity contribution is 6.31. The summed E-state index contributed by atoms with van der Waals surface area (Å²) in [6.07, 6.45) is 3.99. The lowest BCUT2D eigenvalue weighted by Gasteiger charge is -2.65. The van der Waals surface area contributed by atoms with Crippen molar-refractivity contribution in [3.05, 3.63) is 93.0 Å². The molecular weight excluding hydrogens is 792 g/mol. The standard InChI is InChI=1S/C48H49ClN6O6/c1-47(2)45(48(3,4)46(47)61-34-11-9-30(26-50)38(49)25-34)54-27-31-8-7-29(23-36(31)42(54)58)6-5-28-15-19-52(20-16-28)32-17-21-53(22-18-32)33-10-12-35-37(24-33)44(60)55(43(35)59)39-13-14-40(56)51-41(39)57/h7-12,23-25,28,32,39,45-46H,13-22,27H2,1-4H3,(H,51,56,57). The number of hydrogen-bond acceptors (Lipinski definition) is 9. The first-order chi connectivity index (χ1) is 29.1. The number of anilines is 1. The van der Waals surface area contributed by atoms with E-state index in [1.807, 2.05) is 29.2 Å². The molecule has 3 aromatic rings. The van der Waals surface area contributed by atoms with Crippen molar-refractivity contribution < 1.29 is 28.7 Å². The maximum Gasteiger partial charge on any atom is 0.262 e. The molecule has 12 nitrogen and oxygen atoms in total. The fourth-order valence-corrected chi connectivity index (χ4v) is 11.6. The molecule has 0 spiro atoms. The summed E-state index contributed by atoms with van der Waals surface area (Å²) >= 11 is 6.30. The predicted octanol–water partition coefficient (Wildman–Crippen LogP) is 6.18. The number of carbonyl (C=O) groups is 5. The van der Waals surface area contributed by atoms with Crippen LogP contribution in [0, 0.1) is 39.9 Å². The zero-order valence-corrected chi connectivity index (χ0v) is 35.7. The maximum atomic E-state index is 14.0. The third-order valence-electron chi connectivity index (χ3n) is 14.0. The molecule has 6 aliphatic rings. The van der Waals surface area contributed by atoms with E-state index >= 15 is 0 Å². The van der Waals surface area contributed by atoms with Crippen LogP contribution in [0.1, 0.15) is 114 Å². The summed E-state index contributed by atoms with van der Waals surface area (Å²) in [5.41, 5.74) is 3.80. The molecule has 0 aromatic heterocycles. The van der Waals surface area contributed by atoms with Crippen LogP contribution in [-0.4, -0.2) is 94.6 Å². The lowest BCUT2D eigenvalue weighted by Crippen LogP contribution is -2.74. The summed E-state index contributed by atoms with van der Waals surface area (Å²) in [6.45, 7) is 12.7. The second kappa shape index (κ2) is 15.3. The van der Waals surface area contributed by atoms with E-state index in [1.54, 1.807) is 30.3 Å². The van der Waals surface area contributed by atoms with Crippen molar-refractivity contribution in [2.45, 2.75) is 97.0 Å². The van der Waals surface area contributed by atoms with Crippen LogP contribution >= 0.6 is 11.6 Å². The molecular formula is C48H49ClN6O6. The molecule has 3 saturated heterocycles. The summed E-state index contributed by atoms with van der Waals surface area (Å²) in [7, 11) is 0. The monoisotopic (exact) mass is 840 g/mol. The molecule has 5 amide bonds. The highest BCUT2D eigenvalue weighted by atomic mass is 35.5. The number of ether oxygens (including phenoxy) is 1. The van der Waals surface area contributed by atoms with Gasteiger partial charge >= 0.3 is 0 Å². The van der Waals surface area contributed by atoms with Crippen molar-refractivity contribution in [3.63, 3.8) is 0 Å².